The second-order valence-electron chi connectivity index (χ2n) is 6.25. The molecule has 25 heavy (non-hydrogen) atoms. The molecule has 4 rings (SSSR count). The van der Waals surface area contributed by atoms with E-state index in [0.29, 0.717) is 0 Å². The van der Waals surface area contributed by atoms with E-state index < -0.39 is 0 Å². The molecular formula is C18H22N6O. The second-order valence-corrected chi connectivity index (χ2v) is 6.25. The number of rotatable bonds is 5. The van der Waals surface area contributed by atoms with Crippen LogP contribution in [-0.4, -0.2) is 64.5 Å². The van der Waals surface area contributed by atoms with Crippen LogP contribution in [0.5, 0.6) is 0 Å². The lowest BCUT2D eigenvalue weighted by Crippen LogP contribution is -2.48. The van der Waals surface area contributed by atoms with Gasteiger partial charge < -0.3 is 9.64 Å². The summed E-state index contributed by atoms with van der Waals surface area (Å²) >= 11 is 0. The van der Waals surface area contributed by atoms with Gasteiger partial charge >= 0.3 is 0 Å². The Balaban J connectivity index is 1.37. The van der Waals surface area contributed by atoms with E-state index in [9.17, 15) is 0 Å². The van der Waals surface area contributed by atoms with Crippen molar-refractivity contribution in [2.45, 2.75) is 6.10 Å². The van der Waals surface area contributed by atoms with Gasteiger partial charge in [-0.3, -0.25) is 4.90 Å². The average Bonchev–Trinajstić information content (AvgIpc) is 3.15. The van der Waals surface area contributed by atoms with Gasteiger partial charge in [0.1, 0.15) is 12.1 Å². The smallest absolute Gasteiger partial charge is 0.177 e. The van der Waals surface area contributed by atoms with Crippen LogP contribution in [0.25, 0.3) is 5.65 Å². The largest absolute Gasteiger partial charge is 0.375 e. The minimum absolute atomic E-state index is 0.110. The van der Waals surface area contributed by atoms with E-state index in [2.05, 4.69) is 49.4 Å². The van der Waals surface area contributed by atoms with Crippen molar-refractivity contribution < 1.29 is 4.74 Å². The monoisotopic (exact) mass is 338 g/mol. The highest BCUT2D eigenvalue weighted by Gasteiger charge is 2.22. The molecule has 0 amide bonds. The zero-order valence-electron chi connectivity index (χ0n) is 14.3. The number of ether oxygens (including phenoxy) is 1. The Bertz CT molecular complexity index is 813. The van der Waals surface area contributed by atoms with Crippen molar-refractivity contribution in [2.24, 2.45) is 0 Å². The Kier molecular flexibility index (Phi) is 4.58. The fourth-order valence-electron chi connectivity index (χ4n) is 3.26. The Morgan fingerprint density at radius 3 is 2.60 bits per heavy atom. The molecule has 130 valence electrons. The van der Waals surface area contributed by atoms with Gasteiger partial charge in [0, 0.05) is 39.8 Å². The summed E-state index contributed by atoms with van der Waals surface area (Å²) in [5, 5.41) is 12.5. The molecule has 0 N–H and O–H groups in total. The van der Waals surface area contributed by atoms with Crippen LogP contribution in [0.4, 0.5) is 5.82 Å². The molecule has 0 radical (unpaired) electrons. The maximum absolute atomic E-state index is 5.71. The highest BCUT2D eigenvalue weighted by atomic mass is 16.5. The zero-order valence-corrected chi connectivity index (χ0v) is 14.3. The number of anilines is 1. The Hall–Kier alpha value is -2.51. The lowest BCUT2D eigenvalue weighted by atomic mass is 10.1. The predicted molar refractivity (Wildman–Crippen MR) is 95.6 cm³/mol. The minimum Gasteiger partial charge on any atom is -0.375 e. The molecule has 1 atom stereocenters. The van der Waals surface area contributed by atoms with Crippen molar-refractivity contribution in [3.8, 4) is 0 Å². The number of aromatic nitrogens is 4. The second kappa shape index (κ2) is 7.16. The molecule has 1 aliphatic rings. The van der Waals surface area contributed by atoms with Crippen LogP contribution in [0.1, 0.15) is 11.7 Å². The highest BCUT2D eigenvalue weighted by molar-refractivity contribution is 5.45. The van der Waals surface area contributed by atoms with Gasteiger partial charge in [-0.25, -0.2) is 0 Å². The van der Waals surface area contributed by atoms with Crippen LogP contribution in [0.2, 0.25) is 0 Å². The quantitative estimate of drug-likeness (QED) is 0.705. The van der Waals surface area contributed by atoms with E-state index in [1.54, 1.807) is 18.0 Å². The number of hydrogen-bond donors (Lipinski definition) is 0. The maximum atomic E-state index is 5.71. The predicted octanol–water partition coefficient (Wildman–Crippen LogP) is 1.63. The van der Waals surface area contributed by atoms with Gasteiger partial charge in [-0.05, 0) is 17.7 Å². The van der Waals surface area contributed by atoms with Gasteiger partial charge in [-0.2, -0.15) is 4.52 Å². The summed E-state index contributed by atoms with van der Waals surface area (Å²) in [6.07, 6.45) is 1.75. The van der Waals surface area contributed by atoms with Gasteiger partial charge in [0.2, 0.25) is 0 Å². The fourth-order valence-corrected chi connectivity index (χ4v) is 3.26. The first-order valence-electron chi connectivity index (χ1n) is 8.55. The van der Waals surface area contributed by atoms with E-state index in [4.69, 9.17) is 4.74 Å². The summed E-state index contributed by atoms with van der Waals surface area (Å²) in [5.74, 6) is 0.971. The lowest BCUT2D eigenvalue weighted by molar-refractivity contribution is 0.0615. The Morgan fingerprint density at radius 1 is 1.04 bits per heavy atom. The standard InChI is InChI=1S/C18H22N6O/c1-25-16(15-5-3-2-4-6-15)13-22-9-11-23(12-10-22)18-8-7-17-20-19-14-24(17)21-18/h2-8,14,16H,9-13H2,1H3. The molecule has 1 fully saturated rings. The van der Waals surface area contributed by atoms with Crippen molar-refractivity contribution in [1.29, 1.82) is 0 Å². The number of piperazine rings is 1. The first kappa shape index (κ1) is 16.0. The van der Waals surface area contributed by atoms with Crippen molar-refractivity contribution >= 4 is 11.5 Å². The van der Waals surface area contributed by atoms with Gasteiger partial charge in [0.05, 0.1) is 6.10 Å². The van der Waals surface area contributed by atoms with Crippen LogP contribution in [0.15, 0.2) is 48.8 Å². The SMILES string of the molecule is COC(CN1CCN(c2ccc3nncn3n2)CC1)c1ccccc1. The molecule has 0 aliphatic carbocycles. The molecule has 1 aliphatic heterocycles. The molecule has 0 saturated carbocycles. The number of hydrogen-bond acceptors (Lipinski definition) is 6. The first-order valence-corrected chi connectivity index (χ1v) is 8.55. The molecule has 3 aromatic rings. The third kappa shape index (κ3) is 3.47. The van der Waals surface area contributed by atoms with Crippen LogP contribution in [0.3, 0.4) is 0 Å². The van der Waals surface area contributed by atoms with E-state index >= 15 is 0 Å². The summed E-state index contributed by atoms with van der Waals surface area (Å²) in [5.41, 5.74) is 2.00. The topological polar surface area (TPSA) is 58.8 Å². The number of benzene rings is 1. The summed E-state index contributed by atoms with van der Waals surface area (Å²) in [6.45, 7) is 4.80. The summed E-state index contributed by atoms with van der Waals surface area (Å²) in [4.78, 5) is 4.76. The van der Waals surface area contributed by atoms with Crippen LogP contribution < -0.4 is 4.90 Å². The third-order valence-electron chi connectivity index (χ3n) is 4.72. The molecule has 2 aromatic heterocycles. The number of fused-ring (bicyclic) bond motifs is 1. The van der Waals surface area contributed by atoms with Gasteiger partial charge in [0.15, 0.2) is 5.65 Å². The average molecular weight is 338 g/mol. The van der Waals surface area contributed by atoms with Crippen LogP contribution in [-0.2, 0) is 4.74 Å². The van der Waals surface area contributed by atoms with Crippen LogP contribution in [0, 0.1) is 0 Å². The molecular weight excluding hydrogens is 316 g/mol. The molecule has 1 saturated heterocycles. The number of methoxy groups -OCH3 is 1. The van der Waals surface area contributed by atoms with E-state index in [-0.39, 0.29) is 6.10 Å². The maximum Gasteiger partial charge on any atom is 0.177 e. The van der Waals surface area contributed by atoms with E-state index in [1.807, 2.05) is 18.2 Å². The summed E-state index contributed by atoms with van der Waals surface area (Å²) in [7, 11) is 1.78. The summed E-state index contributed by atoms with van der Waals surface area (Å²) in [6, 6.07) is 14.4. The fraction of sp³-hybridized carbons (Fsp3) is 0.389. The molecule has 1 aromatic carbocycles. The molecule has 0 spiro atoms. The van der Waals surface area contributed by atoms with Gasteiger partial charge in [0.25, 0.3) is 0 Å². The van der Waals surface area contributed by atoms with E-state index in [0.717, 1.165) is 44.2 Å². The highest BCUT2D eigenvalue weighted by Crippen LogP contribution is 2.20. The molecule has 7 nitrogen and oxygen atoms in total. The van der Waals surface area contributed by atoms with Crippen LogP contribution >= 0.6 is 0 Å². The van der Waals surface area contributed by atoms with Gasteiger partial charge in [-0.1, -0.05) is 30.3 Å². The molecule has 1 unspecified atom stereocenters. The van der Waals surface area contributed by atoms with Crippen molar-refractivity contribution in [3.05, 3.63) is 54.4 Å². The lowest BCUT2D eigenvalue weighted by Gasteiger charge is -2.36. The van der Waals surface area contributed by atoms with E-state index in [1.165, 1.54) is 5.56 Å². The van der Waals surface area contributed by atoms with Crippen molar-refractivity contribution in [1.82, 2.24) is 24.7 Å². The minimum atomic E-state index is 0.110. The first-order chi connectivity index (χ1) is 12.3. The molecule has 0 bridgehead atoms. The third-order valence-corrected chi connectivity index (χ3v) is 4.72. The Labute approximate surface area is 146 Å². The van der Waals surface area contributed by atoms with Crippen molar-refractivity contribution in [2.75, 3.05) is 44.7 Å². The normalized spacial score (nSPS) is 17.1. The number of nitrogens with zero attached hydrogens (tertiary/aromatic N) is 6. The molecule has 7 heteroatoms. The Morgan fingerprint density at radius 2 is 1.84 bits per heavy atom. The summed E-state index contributed by atoms with van der Waals surface area (Å²) < 4.78 is 7.43. The van der Waals surface area contributed by atoms with Gasteiger partial charge in [-0.15, -0.1) is 15.3 Å². The van der Waals surface area contributed by atoms with Crippen molar-refractivity contribution in [3.63, 3.8) is 0 Å². The zero-order chi connectivity index (χ0) is 17.1. The molecule has 3 heterocycles.